The molecule has 0 unspecified atom stereocenters. The lowest BCUT2D eigenvalue weighted by molar-refractivity contribution is -0.120. The first kappa shape index (κ1) is 30.4. The van der Waals surface area contributed by atoms with Crippen molar-refractivity contribution < 1.29 is 38.1 Å². The molecular formula is C32H31N3O8. The van der Waals surface area contributed by atoms with Crippen molar-refractivity contribution in [3.63, 3.8) is 0 Å². The molecule has 0 saturated carbocycles. The van der Waals surface area contributed by atoms with Gasteiger partial charge in [-0.05, 0) is 60.2 Å². The second-order valence-electron chi connectivity index (χ2n) is 8.94. The van der Waals surface area contributed by atoms with Gasteiger partial charge in [0.2, 0.25) is 5.75 Å². The topological polar surface area (TPSA) is 134 Å². The maximum atomic E-state index is 12.9. The third kappa shape index (κ3) is 7.39. The van der Waals surface area contributed by atoms with E-state index in [4.69, 9.17) is 23.7 Å². The molecule has 0 aromatic heterocycles. The number of methoxy groups -OCH3 is 3. The van der Waals surface area contributed by atoms with E-state index in [9.17, 15) is 14.4 Å². The average Bonchev–Trinajstić information content (AvgIpc) is 3.04. The molecule has 0 fully saturated rings. The van der Waals surface area contributed by atoms with E-state index in [1.165, 1.54) is 39.7 Å². The van der Waals surface area contributed by atoms with E-state index in [1.54, 1.807) is 30.3 Å². The standard InChI is InChI=1S/C32H31N3O8/c1-5-42-23-13-10-21(11-14-23)32(38)43-26-15-12-20-8-6-7-9-24(20)25(26)18-34-35-29(36)19-33-31(37)22-16-27(39-2)30(41-4)28(17-22)40-3/h6-18H,5,19H2,1-4H3,(H,33,37)(H,35,36). The van der Waals surface area contributed by atoms with Crippen molar-refractivity contribution >= 4 is 34.8 Å². The van der Waals surface area contributed by atoms with Gasteiger partial charge in [-0.15, -0.1) is 0 Å². The van der Waals surface area contributed by atoms with Crippen LogP contribution in [-0.4, -0.2) is 58.5 Å². The summed E-state index contributed by atoms with van der Waals surface area (Å²) in [6.45, 7) is 2.03. The maximum Gasteiger partial charge on any atom is 0.343 e. The summed E-state index contributed by atoms with van der Waals surface area (Å²) in [5, 5.41) is 8.22. The summed E-state index contributed by atoms with van der Waals surface area (Å²) in [5.74, 6) is 0.170. The fourth-order valence-electron chi connectivity index (χ4n) is 4.19. The highest BCUT2D eigenvalue weighted by Gasteiger charge is 2.18. The minimum Gasteiger partial charge on any atom is -0.494 e. The van der Waals surface area contributed by atoms with Gasteiger partial charge in [0.1, 0.15) is 11.5 Å². The summed E-state index contributed by atoms with van der Waals surface area (Å²) in [6, 6.07) is 20.5. The number of fused-ring (bicyclic) bond motifs is 1. The number of amides is 2. The van der Waals surface area contributed by atoms with Crippen LogP contribution in [0.2, 0.25) is 0 Å². The van der Waals surface area contributed by atoms with E-state index < -0.39 is 17.8 Å². The van der Waals surface area contributed by atoms with Crippen LogP contribution >= 0.6 is 0 Å². The molecule has 11 nitrogen and oxygen atoms in total. The van der Waals surface area contributed by atoms with E-state index in [0.29, 0.717) is 40.7 Å². The van der Waals surface area contributed by atoms with Gasteiger partial charge in [-0.2, -0.15) is 5.10 Å². The lowest BCUT2D eigenvalue weighted by atomic mass is 10.0. The number of nitrogens with zero attached hydrogens (tertiary/aromatic N) is 1. The van der Waals surface area contributed by atoms with E-state index >= 15 is 0 Å². The molecule has 0 aliphatic heterocycles. The molecule has 11 heteroatoms. The van der Waals surface area contributed by atoms with Crippen LogP contribution in [0.3, 0.4) is 0 Å². The van der Waals surface area contributed by atoms with Gasteiger partial charge in [0.15, 0.2) is 11.5 Å². The Morgan fingerprint density at radius 1 is 0.814 bits per heavy atom. The number of benzene rings is 4. The molecule has 0 atom stereocenters. The highest BCUT2D eigenvalue weighted by atomic mass is 16.5. The van der Waals surface area contributed by atoms with Crippen molar-refractivity contribution in [3.8, 4) is 28.7 Å². The zero-order valence-electron chi connectivity index (χ0n) is 24.1. The number of carbonyl (C=O) groups is 3. The van der Waals surface area contributed by atoms with Crippen LogP contribution in [0.4, 0.5) is 0 Å². The van der Waals surface area contributed by atoms with Crippen molar-refractivity contribution in [1.29, 1.82) is 0 Å². The molecule has 2 amide bonds. The second kappa shape index (κ2) is 14.4. The third-order valence-electron chi connectivity index (χ3n) is 6.25. The van der Waals surface area contributed by atoms with Crippen LogP contribution in [0.15, 0.2) is 77.9 Å². The van der Waals surface area contributed by atoms with E-state index in [0.717, 1.165) is 10.8 Å². The summed E-state index contributed by atoms with van der Waals surface area (Å²) in [5.41, 5.74) is 3.43. The molecule has 0 bridgehead atoms. The lowest BCUT2D eigenvalue weighted by Gasteiger charge is -2.14. The highest BCUT2D eigenvalue weighted by molar-refractivity contribution is 6.04. The van der Waals surface area contributed by atoms with Crippen LogP contribution in [0.5, 0.6) is 28.7 Å². The Balaban J connectivity index is 1.45. The molecule has 0 spiro atoms. The number of rotatable bonds is 12. The van der Waals surface area contributed by atoms with Crippen molar-refractivity contribution in [3.05, 3.63) is 89.5 Å². The summed E-state index contributed by atoms with van der Waals surface area (Å²) < 4.78 is 27.0. The molecule has 2 N–H and O–H groups in total. The maximum absolute atomic E-state index is 12.9. The predicted octanol–water partition coefficient (Wildman–Crippen LogP) is 4.36. The second-order valence-corrected chi connectivity index (χ2v) is 8.94. The van der Waals surface area contributed by atoms with Crippen LogP contribution in [0.1, 0.15) is 33.2 Å². The van der Waals surface area contributed by atoms with Crippen molar-refractivity contribution in [2.75, 3.05) is 34.5 Å². The Bertz CT molecular complexity index is 1630. The van der Waals surface area contributed by atoms with Gasteiger partial charge in [0.25, 0.3) is 11.8 Å². The molecule has 0 heterocycles. The number of carbonyl (C=O) groups excluding carboxylic acids is 3. The van der Waals surface area contributed by atoms with Crippen LogP contribution in [0.25, 0.3) is 10.8 Å². The lowest BCUT2D eigenvalue weighted by Crippen LogP contribution is -2.35. The first-order valence-corrected chi connectivity index (χ1v) is 13.2. The first-order valence-electron chi connectivity index (χ1n) is 13.2. The average molecular weight is 586 g/mol. The van der Waals surface area contributed by atoms with Gasteiger partial charge in [-0.1, -0.05) is 30.3 Å². The zero-order valence-corrected chi connectivity index (χ0v) is 24.1. The molecular weight excluding hydrogens is 554 g/mol. The molecule has 0 aliphatic carbocycles. The minimum atomic E-state index is -0.579. The molecule has 0 radical (unpaired) electrons. The minimum absolute atomic E-state index is 0.209. The predicted molar refractivity (Wildman–Crippen MR) is 161 cm³/mol. The van der Waals surface area contributed by atoms with E-state index in [1.807, 2.05) is 37.3 Å². The molecule has 4 rings (SSSR count). The molecule has 43 heavy (non-hydrogen) atoms. The van der Waals surface area contributed by atoms with Crippen LogP contribution in [-0.2, 0) is 4.79 Å². The summed E-state index contributed by atoms with van der Waals surface area (Å²) in [4.78, 5) is 38.1. The Hall–Kier alpha value is -5.58. The Morgan fingerprint density at radius 3 is 2.16 bits per heavy atom. The summed E-state index contributed by atoms with van der Waals surface area (Å²) in [6.07, 6.45) is 1.39. The molecule has 0 saturated heterocycles. The summed E-state index contributed by atoms with van der Waals surface area (Å²) >= 11 is 0. The fourth-order valence-corrected chi connectivity index (χ4v) is 4.19. The molecule has 222 valence electrons. The largest absolute Gasteiger partial charge is 0.494 e. The molecule has 4 aromatic rings. The number of esters is 1. The monoisotopic (exact) mass is 585 g/mol. The number of hydrogen-bond donors (Lipinski definition) is 2. The fraction of sp³-hybridized carbons (Fsp3) is 0.188. The molecule has 0 aliphatic rings. The SMILES string of the molecule is CCOc1ccc(C(=O)Oc2ccc3ccccc3c2C=NNC(=O)CNC(=O)c2cc(OC)c(OC)c(OC)c2)cc1. The third-order valence-corrected chi connectivity index (χ3v) is 6.25. The van der Waals surface area contributed by atoms with Gasteiger partial charge in [0.05, 0.1) is 46.3 Å². The van der Waals surface area contributed by atoms with Crippen molar-refractivity contribution in [2.24, 2.45) is 5.10 Å². The van der Waals surface area contributed by atoms with Gasteiger partial charge >= 0.3 is 5.97 Å². The zero-order chi connectivity index (χ0) is 30.8. The van der Waals surface area contributed by atoms with Crippen molar-refractivity contribution in [1.82, 2.24) is 10.7 Å². The Labute approximate surface area is 248 Å². The summed E-state index contributed by atoms with van der Waals surface area (Å²) in [7, 11) is 4.33. The number of hydrogen-bond acceptors (Lipinski definition) is 9. The number of nitrogens with one attached hydrogen (secondary N) is 2. The van der Waals surface area contributed by atoms with Crippen LogP contribution < -0.4 is 34.4 Å². The van der Waals surface area contributed by atoms with Gasteiger partial charge in [0, 0.05) is 11.1 Å². The van der Waals surface area contributed by atoms with E-state index in [-0.39, 0.29) is 17.9 Å². The molecule has 4 aromatic carbocycles. The first-order chi connectivity index (χ1) is 20.9. The number of ether oxygens (including phenoxy) is 5. The van der Waals surface area contributed by atoms with E-state index in [2.05, 4.69) is 15.8 Å². The quantitative estimate of drug-likeness (QED) is 0.108. The Morgan fingerprint density at radius 2 is 1.51 bits per heavy atom. The smallest absolute Gasteiger partial charge is 0.343 e. The van der Waals surface area contributed by atoms with Crippen LogP contribution in [0, 0.1) is 0 Å². The van der Waals surface area contributed by atoms with Gasteiger partial charge in [-0.25, -0.2) is 10.2 Å². The van der Waals surface area contributed by atoms with Gasteiger partial charge < -0.3 is 29.0 Å². The normalized spacial score (nSPS) is 10.7. The van der Waals surface area contributed by atoms with Gasteiger partial charge in [-0.3, -0.25) is 9.59 Å². The van der Waals surface area contributed by atoms with Crippen molar-refractivity contribution in [2.45, 2.75) is 6.92 Å². The Kier molecular flexibility index (Phi) is 10.1. The highest BCUT2D eigenvalue weighted by Crippen LogP contribution is 2.38. The number of hydrazone groups is 1.